The van der Waals surface area contributed by atoms with Crippen LogP contribution in [0.2, 0.25) is 0 Å². The minimum atomic E-state index is -0.447. The first kappa shape index (κ1) is 17.6. The molecule has 4 aromatic rings. The van der Waals surface area contributed by atoms with Crippen LogP contribution < -0.4 is 0 Å². The minimum Gasteiger partial charge on any atom is -0.356 e. The number of aromatic amines is 1. The van der Waals surface area contributed by atoms with Crippen LogP contribution in [-0.4, -0.2) is 22.3 Å². The van der Waals surface area contributed by atoms with E-state index in [1.807, 2.05) is 18.2 Å². The number of nitrogens with zero attached hydrogens (tertiary/aromatic N) is 1. The number of amides is 1. The molecule has 2 heterocycles. The molecular weight excluding hydrogens is 370 g/mol. The summed E-state index contributed by atoms with van der Waals surface area (Å²) < 4.78 is 27.3. The number of carbonyl (C=O) groups excluding carboxylic acids is 1. The molecule has 1 N–H and O–H groups in total. The predicted molar refractivity (Wildman–Crippen MR) is 108 cm³/mol. The molecule has 1 amide bonds. The average molecular weight is 388 g/mol. The predicted octanol–water partition coefficient (Wildman–Crippen LogP) is 5.23. The van der Waals surface area contributed by atoms with Crippen molar-refractivity contribution in [3.63, 3.8) is 0 Å². The van der Waals surface area contributed by atoms with Gasteiger partial charge in [0.05, 0.1) is 6.04 Å². The van der Waals surface area contributed by atoms with E-state index < -0.39 is 11.9 Å². The SMILES string of the molecule is O=C(c1cccc(F)c1)N1CCc2c([nH]c3ccccc23)[C@@H]1c1ccc(F)cc1. The number of halogens is 2. The maximum absolute atomic E-state index is 13.7. The van der Waals surface area contributed by atoms with Crippen molar-refractivity contribution in [3.05, 3.63) is 107 Å². The number of nitrogens with one attached hydrogen (secondary N) is 1. The highest BCUT2D eigenvalue weighted by atomic mass is 19.1. The first-order valence-electron chi connectivity index (χ1n) is 9.53. The maximum atomic E-state index is 13.7. The van der Waals surface area contributed by atoms with Gasteiger partial charge in [0, 0.05) is 28.7 Å². The largest absolute Gasteiger partial charge is 0.356 e. The zero-order valence-electron chi connectivity index (χ0n) is 15.5. The highest BCUT2D eigenvalue weighted by Crippen LogP contribution is 2.39. The molecule has 1 atom stereocenters. The van der Waals surface area contributed by atoms with Gasteiger partial charge in [-0.2, -0.15) is 0 Å². The van der Waals surface area contributed by atoms with Crippen LogP contribution in [0, 0.1) is 11.6 Å². The third kappa shape index (κ3) is 2.99. The van der Waals surface area contributed by atoms with Gasteiger partial charge in [-0.1, -0.05) is 36.4 Å². The van der Waals surface area contributed by atoms with Crippen molar-refractivity contribution in [1.82, 2.24) is 9.88 Å². The molecule has 3 nitrogen and oxygen atoms in total. The second kappa shape index (κ2) is 6.85. The van der Waals surface area contributed by atoms with E-state index >= 15 is 0 Å². The highest BCUT2D eigenvalue weighted by molar-refractivity contribution is 5.95. The van der Waals surface area contributed by atoms with Gasteiger partial charge in [-0.3, -0.25) is 4.79 Å². The van der Waals surface area contributed by atoms with Crippen LogP contribution in [0.5, 0.6) is 0 Å². The second-order valence-electron chi connectivity index (χ2n) is 7.28. The van der Waals surface area contributed by atoms with Crippen molar-refractivity contribution >= 4 is 16.8 Å². The van der Waals surface area contributed by atoms with Gasteiger partial charge in [-0.25, -0.2) is 8.78 Å². The number of carbonyl (C=O) groups is 1. The van der Waals surface area contributed by atoms with Gasteiger partial charge >= 0.3 is 0 Å². The summed E-state index contributed by atoms with van der Waals surface area (Å²) >= 11 is 0. The van der Waals surface area contributed by atoms with Gasteiger partial charge in [0.2, 0.25) is 0 Å². The van der Waals surface area contributed by atoms with Crippen molar-refractivity contribution in [2.24, 2.45) is 0 Å². The lowest BCUT2D eigenvalue weighted by Crippen LogP contribution is -2.40. The van der Waals surface area contributed by atoms with Crippen molar-refractivity contribution < 1.29 is 13.6 Å². The number of benzene rings is 3. The number of H-pyrrole nitrogens is 1. The van der Waals surface area contributed by atoms with E-state index in [1.54, 1.807) is 23.1 Å². The fourth-order valence-electron chi connectivity index (χ4n) is 4.24. The number of hydrogen-bond donors (Lipinski definition) is 1. The standard InChI is InChI=1S/C24H18F2N2O/c25-17-10-8-15(9-11-17)23-22-20(19-6-1-2-7-21(19)27-22)12-13-28(23)24(29)16-4-3-5-18(26)14-16/h1-11,14,23,27H,12-13H2/t23-/m0/s1. The van der Waals surface area contributed by atoms with Crippen LogP contribution in [0.3, 0.4) is 0 Å². The van der Waals surface area contributed by atoms with Crippen molar-refractivity contribution in [3.8, 4) is 0 Å². The topological polar surface area (TPSA) is 36.1 Å². The third-order valence-corrected chi connectivity index (χ3v) is 5.55. The smallest absolute Gasteiger partial charge is 0.254 e. The minimum absolute atomic E-state index is 0.247. The molecular formula is C24H18F2N2O. The van der Waals surface area contributed by atoms with E-state index in [4.69, 9.17) is 0 Å². The number of rotatable bonds is 2. The number of aromatic nitrogens is 1. The van der Waals surface area contributed by atoms with Crippen LogP contribution in [0.25, 0.3) is 10.9 Å². The van der Waals surface area contributed by atoms with Gasteiger partial charge in [0.1, 0.15) is 11.6 Å². The quantitative estimate of drug-likeness (QED) is 0.501. The van der Waals surface area contributed by atoms with Crippen molar-refractivity contribution in [2.75, 3.05) is 6.54 Å². The van der Waals surface area contributed by atoms with Crippen LogP contribution in [0.4, 0.5) is 8.78 Å². The summed E-state index contributed by atoms with van der Waals surface area (Å²) in [5.41, 5.74) is 4.21. The van der Waals surface area contributed by atoms with E-state index in [9.17, 15) is 13.6 Å². The summed E-state index contributed by atoms with van der Waals surface area (Å²) in [7, 11) is 0. The molecule has 1 aromatic heterocycles. The fourth-order valence-corrected chi connectivity index (χ4v) is 4.24. The van der Waals surface area contributed by atoms with E-state index in [1.165, 1.54) is 35.9 Å². The van der Waals surface area contributed by atoms with Gasteiger partial charge in [0.15, 0.2) is 0 Å². The third-order valence-electron chi connectivity index (χ3n) is 5.55. The molecule has 1 aliphatic rings. The van der Waals surface area contributed by atoms with Gasteiger partial charge in [-0.05, 0) is 53.9 Å². The molecule has 0 spiro atoms. The molecule has 0 fully saturated rings. The van der Waals surface area contributed by atoms with E-state index in [2.05, 4.69) is 11.1 Å². The Labute approximate surface area is 166 Å². The summed E-state index contributed by atoms with van der Waals surface area (Å²) in [5.74, 6) is -1.02. The summed E-state index contributed by atoms with van der Waals surface area (Å²) in [6, 6.07) is 19.6. The molecule has 0 saturated carbocycles. The molecule has 0 bridgehead atoms. The summed E-state index contributed by atoms with van der Waals surface area (Å²) in [5, 5.41) is 1.13. The van der Waals surface area contributed by atoms with E-state index in [0.29, 0.717) is 18.5 Å². The number of hydrogen-bond acceptors (Lipinski definition) is 1. The van der Waals surface area contributed by atoms with Gasteiger partial charge < -0.3 is 9.88 Å². The molecule has 5 rings (SSSR count). The van der Waals surface area contributed by atoms with E-state index in [-0.39, 0.29) is 11.7 Å². The molecule has 3 aromatic carbocycles. The Balaban J connectivity index is 1.66. The van der Waals surface area contributed by atoms with Crippen LogP contribution in [-0.2, 0) is 6.42 Å². The Morgan fingerprint density at radius 3 is 2.52 bits per heavy atom. The Morgan fingerprint density at radius 2 is 1.72 bits per heavy atom. The lowest BCUT2D eigenvalue weighted by atomic mass is 9.91. The molecule has 29 heavy (non-hydrogen) atoms. The van der Waals surface area contributed by atoms with Gasteiger partial charge in [-0.15, -0.1) is 0 Å². The van der Waals surface area contributed by atoms with Crippen LogP contribution in [0.1, 0.15) is 33.2 Å². The molecule has 144 valence electrons. The normalized spacial score (nSPS) is 16.1. The molecule has 0 unspecified atom stereocenters. The monoisotopic (exact) mass is 388 g/mol. The lowest BCUT2D eigenvalue weighted by molar-refractivity contribution is 0.0691. The first-order chi connectivity index (χ1) is 14.1. The van der Waals surface area contributed by atoms with Crippen molar-refractivity contribution in [1.29, 1.82) is 0 Å². The zero-order valence-corrected chi connectivity index (χ0v) is 15.5. The first-order valence-corrected chi connectivity index (χ1v) is 9.53. The number of fused-ring (bicyclic) bond motifs is 3. The summed E-state index contributed by atoms with van der Waals surface area (Å²) in [6.07, 6.45) is 0.693. The van der Waals surface area contributed by atoms with Gasteiger partial charge in [0.25, 0.3) is 5.91 Å². The zero-order chi connectivity index (χ0) is 20.0. The molecule has 0 radical (unpaired) electrons. The summed E-state index contributed by atoms with van der Waals surface area (Å²) in [4.78, 5) is 18.5. The fraction of sp³-hybridized carbons (Fsp3) is 0.125. The molecule has 5 heteroatoms. The Hall–Kier alpha value is -3.47. The number of para-hydroxylation sites is 1. The van der Waals surface area contributed by atoms with Crippen LogP contribution >= 0.6 is 0 Å². The second-order valence-corrected chi connectivity index (χ2v) is 7.28. The Kier molecular flexibility index (Phi) is 4.16. The maximum Gasteiger partial charge on any atom is 0.254 e. The van der Waals surface area contributed by atoms with Crippen molar-refractivity contribution in [2.45, 2.75) is 12.5 Å². The summed E-state index contributed by atoms with van der Waals surface area (Å²) in [6.45, 7) is 0.492. The Bertz CT molecular complexity index is 1210. The molecule has 0 saturated heterocycles. The van der Waals surface area contributed by atoms with Crippen LogP contribution in [0.15, 0.2) is 72.8 Å². The highest BCUT2D eigenvalue weighted by Gasteiger charge is 2.35. The molecule has 1 aliphatic heterocycles. The molecule has 0 aliphatic carbocycles. The Morgan fingerprint density at radius 1 is 0.931 bits per heavy atom. The average Bonchev–Trinajstić information content (AvgIpc) is 3.12. The van der Waals surface area contributed by atoms with E-state index in [0.717, 1.165) is 22.2 Å². The lowest BCUT2D eigenvalue weighted by Gasteiger charge is -2.36.